The second-order valence-electron chi connectivity index (χ2n) is 4.71. The van der Waals surface area contributed by atoms with Crippen molar-refractivity contribution in [3.8, 4) is 11.4 Å². The Morgan fingerprint density at radius 3 is 2.57 bits per heavy atom. The van der Waals surface area contributed by atoms with Gasteiger partial charge in [0.1, 0.15) is 15.5 Å². The van der Waals surface area contributed by atoms with Crippen LogP contribution in [0.1, 0.15) is 15.2 Å². The second-order valence-corrected chi connectivity index (χ2v) is 5.71. The summed E-state index contributed by atoms with van der Waals surface area (Å²) in [6.07, 6.45) is 0. The smallest absolute Gasteiger partial charge is 0.346 e. The molecule has 2 heterocycles. The van der Waals surface area contributed by atoms with Crippen LogP contribution in [-0.4, -0.2) is 20.6 Å². The van der Waals surface area contributed by atoms with Crippen LogP contribution in [0, 0.1) is 6.92 Å². The number of hydrogen-bond donors (Lipinski definition) is 1. The summed E-state index contributed by atoms with van der Waals surface area (Å²) in [6.45, 7) is 1.65. The molecule has 3 rings (SSSR count). The van der Waals surface area contributed by atoms with Crippen molar-refractivity contribution >= 4 is 27.5 Å². The van der Waals surface area contributed by atoms with E-state index < -0.39 is 5.97 Å². The maximum atomic E-state index is 12.5. The minimum atomic E-state index is -1.03. The monoisotopic (exact) mass is 300 g/mol. The average molecular weight is 300 g/mol. The van der Waals surface area contributed by atoms with E-state index in [0.717, 1.165) is 16.9 Å². The Balaban J connectivity index is 2.39. The molecule has 0 amide bonds. The van der Waals surface area contributed by atoms with E-state index in [1.807, 2.05) is 30.3 Å². The van der Waals surface area contributed by atoms with Crippen molar-refractivity contribution < 1.29 is 9.90 Å². The molecule has 21 heavy (non-hydrogen) atoms. The molecule has 0 fully saturated rings. The third-order valence-corrected chi connectivity index (χ3v) is 4.57. The molecule has 0 aliphatic carbocycles. The molecule has 3 aromatic rings. The van der Waals surface area contributed by atoms with Gasteiger partial charge in [0, 0.05) is 12.6 Å². The van der Waals surface area contributed by atoms with Crippen molar-refractivity contribution in [3.63, 3.8) is 0 Å². The number of thiophene rings is 1. The molecule has 6 heteroatoms. The van der Waals surface area contributed by atoms with Gasteiger partial charge in [-0.25, -0.2) is 9.78 Å². The van der Waals surface area contributed by atoms with Gasteiger partial charge in [-0.1, -0.05) is 30.3 Å². The number of aromatic nitrogens is 2. The molecular formula is C15H12N2O3S. The average Bonchev–Trinajstić information content (AvgIpc) is 2.81. The summed E-state index contributed by atoms with van der Waals surface area (Å²) < 4.78 is 1.46. The van der Waals surface area contributed by atoms with Gasteiger partial charge in [0.25, 0.3) is 5.56 Å². The van der Waals surface area contributed by atoms with Crippen LogP contribution < -0.4 is 5.56 Å². The zero-order valence-corrected chi connectivity index (χ0v) is 12.3. The number of carbonyl (C=O) groups is 1. The Hall–Kier alpha value is -2.47. The molecule has 1 N–H and O–H groups in total. The topological polar surface area (TPSA) is 72.2 Å². The van der Waals surface area contributed by atoms with Gasteiger partial charge < -0.3 is 5.11 Å². The van der Waals surface area contributed by atoms with Crippen molar-refractivity contribution in [1.82, 2.24) is 9.55 Å². The molecule has 0 aliphatic rings. The SMILES string of the molecule is Cc1c(C(=O)O)sc2nc(-c3ccccc3)n(C)c(=O)c12. The molecule has 5 nitrogen and oxygen atoms in total. The normalized spacial score (nSPS) is 11.0. The molecule has 1 aromatic carbocycles. The number of nitrogens with zero attached hydrogens (tertiary/aromatic N) is 2. The van der Waals surface area contributed by atoms with Gasteiger partial charge in [-0.05, 0) is 12.5 Å². The van der Waals surface area contributed by atoms with Crippen molar-refractivity contribution in [2.45, 2.75) is 6.92 Å². The highest BCUT2D eigenvalue weighted by Gasteiger charge is 2.20. The first-order valence-electron chi connectivity index (χ1n) is 6.29. The molecule has 0 spiro atoms. The van der Waals surface area contributed by atoms with Crippen LogP contribution in [0.15, 0.2) is 35.1 Å². The summed E-state index contributed by atoms with van der Waals surface area (Å²) in [4.78, 5) is 28.9. The highest BCUT2D eigenvalue weighted by atomic mass is 32.1. The van der Waals surface area contributed by atoms with E-state index in [9.17, 15) is 14.7 Å². The van der Waals surface area contributed by atoms with Crippen molar-refractivity contribution in [2.24, 2.45) is 7.05 Å². The third-order valence-electron chi connectivity index (χ3n) is 3.40. The fraction of sp³-hybridized carbons (Fsp3) is 0.133. The number of aromatic carboxylic acids is 1. The lowest BCUT2D eigenvalue weighted by atomic mass is 10.2. The zero-order valence-electron chi connectivity index (χ0n) is 11.5. The molecule has 0 bridgehead atoms. The molecular weight excluding hydrogens is 288 g/mol. The maximum Gasteiger partial charge on any atom is 0.346 e. The quantitative estimate of drug-likeness (QED) is 0.789. The lowest BCUT2D eigenvalue weighted by Crippen LogP contribution is -2.20. The van der Waals surface area contributed by atoms with E-state index in [1.165, 1.54) is 4.57 Å². The first-order valence-corrected chi connectivity index (χ1v) is 7.11. The second kappa shape index (κ2) is 4.82. The summed E-state index contributed by atoms with van der Waals surface area (Å²) >= 11 is 1.04. The van der Waals surface area contributed by atoms with Gasteiger partial charge >= 0.3 is 5.97 Å². The van der Waals surface area contributed by atoms with E-state index in [0.29, 0.717) is 21.6 Å². The van der Waals surface area contributed by atoms with E-state index in [2.05, 4.69) is 4.98 Å². The van der Waals surface area contributed by atoms with E-state index in [-0.39, 0.29) is 10.4 Å². The number of carboxylic acid groups (broad SMARTS) is 1. The first-order chi connectivity index (χ1) is 10.0. The molecule has 0 aliphatic heterocycles. The fourth-order valence-corrected chi connectivity index (χ4v) is 3.32. The zero-order chi connectivity index (χ0) is 15.1. The third kappa shape index (κ3) is 2.04. The van der Waals surface area contributed by atoms with Crippen LogP contribution in [0.4, 0.5) is 0 Å². The molecule has 0 atom stereocenters. The summed E-state index contributed by atoms with van der Waals surface area (Å²) in [5.41, 5.74) is 1.08. The Morgan fingerprint density at radius 2 is 1.95 bits per heavy atom. The van der Waals surface area contributed by atoms with Crippen molar-refractivity contribution in [2.75, 3.05) is 0 Å². The predicted octanol–water partition coefficient (Wildman–Crippen LogP) is 2.67. The number of aryl methyl sites for hydroxylation is 1. The van der Waals surface area contributed by atoms with Crippen LogP contribution >= 0.6 is 11.3 Å². The highest BCUT2D eigenvalue weighted by Crippen LogP contribution is 2.28. The van der Waals surface area contributed by atoms with Gasteiger partial charge in [-0.3, -0.25) is 9.36 Å². The molecule has 106 valence electrons. The Labute approximate surface area is 124 Å². The molecule has 0 saturated heterocycles. The van der Waals surface area contributed by atoms with Gasteiger partial charge in [0.15, 0.2) is 0 Å². The van der Waals surface area contributed by atoms with Gasteiger partial charge in [-0.15, -0.1) is 11.3 Å². The Bertz CT molecular complexity index is 910. The Kier molecular flexibility index (Phi) is 3.10. The van der Waals surface area contributed by atoms with Crippen molar-refractivity contribution in [3.05, 3.63) is 51.1 Å². The summed E-state index contributed by atoms with van der Waals surface area (Å²) in [6, 6.07) is 9.36. The number of rotatable bonds is 2. The number of hydrogen-bond acceptors (Lipinski definition) is 4. The van der Waals surface area contributed by atoms with Crippen LogP contribution in [0.3, 0.4) is 0 Å². The van der Waals surface area contributed by atoms with Crippen LogP contribution in [0.5, 0.6) is 0 Å². The number of carboxylic acids is 1. The predicted molar refractivity (Wildman–Crippen MR) is 82.0 cm³/mol. The highest BCUT2D eigenvalue weighted by molar-refractivity contribution is 7.20. The van der Waals surface area contributed by atoms with Gasteiger partial charge in [0.05, 0.1) is 5.39 Å². The summed E-state index contributed by atoms with van der Waals surface area (Å²) in [7, 11) is 1.65. The maximum absolute atomic E-state index is 12.5. The van der Waals surface area contributed by atoms with Crippen LogP contribution in [-0.2, 0) is 7.05 Å². The van der Waals surface area contributed by atoms with E-state index in [1.54, 1.807) is 14.0 Å². The summed E-state index contributed by atoms with van der Waals surface area (Å²) in [5, 5.41) is 9.58. The van der Waals surface area contributed by atoms with Gasteiger partial charge in [0.2, 0.25) is 0 Å². The molecule has 0 unspecified atom stereocenters. The Morgan fingerprint density at radius 1 is 1.29 bits per heavy atom. The van der Waals surface area contributed by atoms with Crippen LogP contribution in [0.25, 0.3) is 21.6 Å². The number of benzene rings is 1. The lowest BCUT2D eigenvalue weighted by molar-refractivity contribution is 0.0701. The molecule has 2 aromatic heterocycles. The van der Waals surface area contributed by atoms with E-state index >= 15 is 0 Å². The van der Waals surface area contributed by atoms with Crippen LogP contribution in [0.2, 0.25) is 0 Å². The summed E-state index contributed by atoms with van der Waals surface area (Å²) in [5.74, 6) is -0.495. The molecule has 0 saturated carbocycles. The van der Waals surface area contributed by atoms with Crippen molar-refractivity contribution in [1.29, 1.82) is 0 Å². The number of fused-ring (bicyclic) bond motifs is 1. The standard InChI is InChI=1S/C15H12N2O3S/c1-8-10-13(21-11(8)15(19)20)16-12(17(2)14(10)18)9-6-4-3-5-7-9/h3-7H,1-2H3,(H,19,20). The van der Waals surface area contributed by atoms with Gasteiger partial charge in [-0.2, -0.15) is 0 Å². The minimum Gasteiger partial charge on any atom is -0.477 e. The molecule has 0 radical (unpaired) electrons. The lowest BCUT2D eigenvalue weighted by Gasteiger charge is -2.07. The van der Waals surface area contributed by atoms with E-state index in [4.69, 9.17) is 0 Å². The fourth-order valence-electron chi connectivity index (χ4n) is 2.31. The minimum absolute atomic E-state index is 0.166. The largest absolute Gasteiger partial charge is 0.477 e. The first kappa shape index (κ1) is 13.5.